The summed E-state index contributed by atoms with van der Waals surface area (Å²) in [5.41, 5.74) is 4.13. The van der Waals surface area contributed by atoms with E-state index in [2.05, 4.69) is 17.1 Å². The van der Waals surface area contributed by atoms with Gasteiger partial charge in [0, 0.05) is 16.0 Å². The second-order valence-electron chi connectivity index (χ2n) is 5.96. The van der Waals surface area contributed by atoms with Crippen LogP contribution in [0.1, 0.15) is 25.3 Å². The van der Waals surface area contributed by atoms with Crippen LogP contribution in [-0.2, 0) is 9.47 Å². The standard InChI is InChI=1S/C17H16Cl2N4O2/c1-3-24-17(25-4-2)16(9-21)13(15(16,8-20)14(22)23-17)11-6-5-10(18)7-12(11)19/h5-7,13H,3-4H2,1-2H3,(H2,22,23)/p+1/t13-,15+,16+/m0/s1. The highest BCUT2D eigenvalue weighted by Crippen LogP contribution is 2.79. The van der Waals surface area contributed by atoms with Crippen LogP contribution in [0.3, 0.4) is 0 Å². The summed E-state index contributed by atoms with van der Waals surface area (Å²) in [7, 11) is 0. The molecule has 1 aromatic carbocycles. The molecular formula is C17H17Cl2N4O2+. The molecule has 0 radical (unpaired) electrons. The summed E-state index contributed by atoms with van der Waals surface area (Å²) in [5.74, 6) is -1.97. The van der Waals surface area contributed by atoms with E-state index in [0.717, 1.165) is 0 Å². The highest BCUT2D eigenvalue weighted by Gasteiger charge is 2.97. The lowest BCUT2D eigenvalue weighted by atomic mass is 9.93. The number of rotatable bonds is 5. The van der Waals surface area contributed by atoms with Crippen molar-refractivity contribution in [2.45, 2.75) is 25.7 Å². The lowest BCUT2D eigenvalue weighted by Gasteiger charge is -2.29. The first-order chi connectivity index (χ1) is 11.9. The maximum Gasteiger partial charge on any atom is 0.343 e. The van der Waals surface area contributed by atoms with E-state index in [4.69, 9.17) is 38.4 Å². The molecule has 2 aliphatic rings. The van der Waals surface area contributed by atoms with Crippen LogP contribution in [0.2, 0.25) is 10.0 Å². The summed E-state index contributed by atoms with van der Waals surface area (Å²) in [5, 5.41) is 20.9. The number of nitrogens with one attached hydrogen (secondary N) is 1. The maximum atomic E-state index is 10.1. The SMILES string of the molecule is CCOC1(OCC)[NH+]=C(N)[C@@]2(C#N)[C@H](c3ccc(Cl)cc3Cl)[C@@]12C#N. The van der Waals surface area contributed by atoms with Crippen molar-refractivity contribution in [3.63, 3.8) is 0 Å². The number of amidine groups is 1. The summed E-state index contributed by atoms with van der Waals surface area (Å²) < 4.78 is 11.6. The number of halogens is 2. The Labute approximate surface area is 155 Å². The molecule has 25 heavy (non-hydrogen) atoms. The third-order valence-electron chi connectivity index (χ3n) is 4.97. The Balaban J connectivity index is 2.25. The minimum Gasteiger partial charge on any atom is -0.314 e. The fraction of sp³-hybridized carbons (Fsp3) is 0.471. The van der Waals surface area contributed by atoms with E-state index in [-0.39, 0.29) is 19.0 Å². The number of benzene rings is 1. The Morgan fingerprint density at radius 3 is 2.32 bits per heavy atom. The van der Waals surface area contributed by atoms with Gasteiger partial charge in [-0.05, 0) is 31.5 Å². The van der Waals surface area contributed by atoms with E-state index < -0.39 is 22.7 Å². The molecule has 1 aliphatic heterocycles. The monoisotopic (exact) mass is 379 g/mol. The van der Waals surface area contributed by atoms with E-state index in [9.17, 15) is 10.5 Å². The van der Waals surface area contributed by atoms with Crippen molar-refractivity contribution in [2.75, 3.05) is 13.2 Å². The average Bonchev–Trinajstić information content (AvgIpc) is 3.13. The predicted molar refractivity (Wildman–Crippen MR) is 91.4 cm³/mol. The summed E-state index contributed by atoms with van der Waals surface area (Å²) >= 11 is 12.3. The zero-order valence-electron chi connectivity index (χ0n) is 13.8. The third-order valence-corrected chi connectivity index (χ3v) is 5.53. The fourth-order valence-electron chi connectivity index (χ4n) is 4.06. The largest absolute Gasteiger partial charge is 0.343 e. The Bertz CT molecular complexity index is 838. The summed E-state index contributed by atoms with van der Waals surface area (Å²) in [6, 6.07) is 9.43. The van der Waals surface area contributed by atoms with Crippen LogP contribution in [0.4, 0.5) is 0 Å². The molecule has 0 spiro atoms. The molecule has 1 fully saturated rings. The zero-order valence-corrected chi connectivity index (χ0v) is 15.3. The van der Waals surface area contributed by atoms with E-state index in [0.29, 0.717) is 15.6 Å². The number of nitriles is 2. The molecule has 130 valence electrons. The topological polar surface area (TPSA) is 106 Å². The van der Waals surface area contributed by atoms with Gasteiger partial charge in [0.1, 0.15) is 0 Å². The van der Waals surface area contributed by atoms with Crippen molar-refractivity contribution in [1.29, 1.82) is 10.5 Å². The summed E-state index contributed by atoms with van der Waals surface area (Å²) in [4.78, 5) is 2.92. The predicted octanol–water partition coefficient (Wildman–Crippen LogP) is 1.29. The van der Waals surface area contributed by atoms with Crippen LogP contribution in [-0.4, -0.2) is 25.0 Å². The molecule has 3 N–H and O–H groups in total. The van der Waals surface area contributed by atoms with Gasteiger partial charge >= 0.3 is 5.91 Å². The van der Waals surface area contributed by atoms with Gasteiger partial charge in [-0.15, -0.1) is 0 Å². The Morgan fingerprint density at radius 1 is 1.20 bits per heavy atom. The van der Waals surface area contributed by atoms with Gasteiger partial charge in [-0.3, -0.25) is 5.73 Å². The number of hydrogen-bond acceptors (Lipinski definition) is 5. The van der Waals surface area contributed by atoms with Crippen LogP contribution in [0, 0.1) is 33.5 Å². The van der Waals surface area contributed by atoms with E-state index in [1.165, 1.54) is 0 Å². The first kappa shape index (κ1) is 18.0. The van der Waals surface area contributed by atoms with E-state index in [1.54, 1.807) is 32.0 Å². The number of nitrogens with two attached hydrogens (primary N) is 1. The Hall–Kier alpha value is -1.83. The quantitative estimate of drug-likeness (QED) is 0.749. The van der Waals surface area contributed by atoms with E-state index in [1.807, 2.05) is 0 Å². The number of hydrogen-bond donors (Lipinski definition) is 2. The first-order valence-corrected chi connectivity index (χ1v) is 8.62. The molecule has 1 saturated carbocycles. The molecule has 0 aromatic heterocycles. The summed E-state index contributed by atoms with van der Waals surface area (Å²) in [6.07, 6.45) is 0. The van der Waals surface area contributed by atoms with Gasteiger partial charge in [0.15, 0.2) is 10.8 Å². The zero-order chi connectivity index (χ0) is 18.5. The molecule has 0 unspecified atom stereocenters. The lowest BCUT2D eigenvalue weighted by Crippen LogP contribution is -2.91. The van der Waals surface area contributed by atoms with E-state index >= 15 is 0 Å². The fourth-order valence-corrected chi connectivity index (χ4v) is 4.57. The third kappa shape index (κ3) is 1.94. The van der Waals surface area contributed by atoms with Crippen molar-refractivity contribution in [3.8, 4) is 12.1 Å². The maximum absolute atomic E-state index is 10.1. The molecule has 6 nitrogen and oxygen atoms in total. The molecule has 3 rings (SSSR count). The average molecular weight is 380 g/mol. The van der Waals surface area contributed by atoms with Crippen LogP contribution < -0.4 is 10.7 Å². The normalized spacial score (nSPS) is 31.6. The van der Waals surface area contributed by atoms with Crippen LogP contribution in [0.15, 0.2) is 18.2 Å². The van der Waals surface area contributed by atoms with Gasteiger partial charge < -0.3 is 9.47 Å². The van der Waals surface area contributed by atoms with Gasteiger partial charge in [-0.2, -0.15) is 10.5 Å². The number of ether oxygens (including phenoxy) is 2. The molecule has 0 bridgehead atoms. The minimum absolute atomic E-state index is 0.148. The van der Waals surface area contributed by atoms with Crippen LogP contribution in [0.25, 0.3) is 0 Å². The smallest absolute Gasteiger partial charge is 0.314 e. The second-order valence-corrected chi connectivity index (χ2v) is 6.80. The number of nitrogens with zero attached hydrogens (tertiary/aromatic N) is 2. The molecular weight excluding hydrogens is 363 g/mol. The Morgan fingerprint density at radius 2 is 1.84 bits per heavy atom. The van der Waals surface area contributed by atoms with Crippen molar-refractivity contribution in [1.82, 2.24) is 0 Å². The van der Waals surface area contributed by atoms with Gasteiger partial charge in [-0.1, -0.05) is 29.3 Å². The Kier molecular flexibility index (Phi) is 4.21. The highest BCUT2D eigenvalue weighted by atomic mass is 35.5. The molecule has 0 amide bonds. The molecule has 3 atom stereocenters. The lowest BCUT2D eigenvalue weighted by molar-refractivity contribution is -0.693. The molecule has 0 saturated heterocycles. The molecule has 1 heterocycles. The summed E-state index contributed by atoms with van der Waals surface area (Å²) in [6.45, 7) is 4.10. The van der Waals surface area contributed by atoms with Crippen LogP contribution in [0.5, 0.6) is 0 Å². The van der Waals surface area contributed by atoms with Crippen molar-refractivity contribution >= 4 is 29.0 Å². The second kappa shape index (κ2) is 5.86. The van der Waals surface area contributed by atoms with Gasteiger partial charge in [0.2, 0.25) is 0 Å². The minimum atomic E-state index is -1.52. The van der Waals surface area contributed by atoms with Crippen molar-refractivity contribution < 1.29 is 14.5 Å². The van der Waals surface area contributed by atoms with Gasteiger partial charge in [0.25, 0.3) is 5.84 Å². The first-order valence-electron chi connectivity index (χ1n) is 7.87. The molecule has 8 heteroatoms. The molecule has 1 aliphatic carbocycles. The van der Waals surface area contributed by atoms with Gasteiger partial charge in [0.05, 0.1) is 25.4 Å². The molecule has 1 aromatic rings. The van der Waals surface area contributed by atoms with Gasteiger partial charge in [-0.25, -0.2) is 4.99 Å². The van der Waals surface area contributed by atoms with Crippen molar-refractivity contribution in [3.05, 3.63) is 33.8 Å². The number of fused-ring (bicyclic) bond motifs is 1. The van der Waals surface area contributed by atoms with Crippen molar-refractivity contribution in [2.24, 2.45) is 16.6 Å². The van der Waals surface area contributed by atoms with Crippen LogP contribution >= 0.6 is 23.2 Å². The highest BCUT2D eigenvalue weighted by molar-refractivity contribution is 6.35.